The minimum absolute atomic E-state index is 0.0120. The molecule has 0 aromatic heterocycles. The third kappa shape index (κ3) is 4.01. The Bertz CT molecular complexity index is 745. The summed E-state index contributed by atoms with van der Waals surface area (Å²) in [4.78, 5) is 4.19. The molecular formula is C18H19F2N3O. The predicted octanol–water partition coefficient (Wildman–Crippen LogP) is 3.82. The second-order valence-electron chi connectivity index (χ2n) is 5.73. The van der Waals surface area contributed by atoms with Gasteiger partial charge in [-0.3, -0.25) is 0 Å². The number of benzene rings is 2. The molecule has 1 saturated carbocycles. The first-order chi connectivity index (χ1) is 11.6. The van der Waals surface area contributed by atoms with Gasteiger partial charge in [-0.1, -0.05) is 18.2 Å². The molecule has 4 nitrogen and oxygen atoms in total. The Hall–Kier alpha value is -2.63. The Kier molecular flexibility index (Phi) is 4.93. The van der Waals surface area contributed by atoms with E-state index in [4.69, 9.17) is 10.5 Å². The minimum atomic E-state index is -0.594. The topological polar surface area (TPSA) is 59.6 Å². The Balaban J connectivity index is 1.67. The van der Waals surface area contributed by atoms with Crippen LogP contribution in [0.4, 0.5) is 14.5 Å². The van der Waals surface area contributed by atoms with E-state index in [1.165, 1.54) is 6.42 Å². The van der Waals surface area contributed by atoms with Crippen molar-refractivity contribution >= 4 is 11.6 Å². The van der Waals surface area contributed by atoms with E-state index < -0.39 is 11.6 Å². The van der Waals surface area contributed by atoms with Gasteiger partial charge in [0, 0.05) is 11.6 Å². The van der Waals surface area contributed by atoms with Crippen LogP contribution in [0.15, 0.2) is 47.5 Å². The first-order valence-electron chi connectivity index (χ1n) is 7.88. The molecule has 0 atom stereocenters. The fraction of sp³-hybridized carbons (Fsp3) is 0.278. The lowest BCUT2D eigenvalue weighted by atomic mass is 9.96. The van der Waals surface area contributed by atoms with Gasteiger partial charge in [-0.25, -0.2) is 13.8 Å². The Labute approximate surface area is 139 Å². The molecule has 0 spiro atoms. The molecule has 0 amide bonds. The fourth-order valence-corrected chi connectivity index (χ4v) is 2.36. The molecule has 1 fully saturated rings. The molecule has 3 rings (SSSR count). The maximum absolute atomic E-state index is 13.6. The highest BCUT2D eigenvalue weighted by Gasteiger charge is 2.20. The summed E-state index contributed by atoms with van der Waals surface area (Å²) < 4.78 is 32.7. The number of hydrogen-bond donors (Lipinski definition) is 2. The normalized spacial score (nSPS) is 15.0. The average Bonchev–Trinajstić information content (AvgIpc) is 2.53. The van der Waals surface area contributed by atoms with E-state index >= 15 is 0 Å². The number of guanidine groups is 1. The molecule has 0 unspecified atom stereocenters. The van der Waals surface area contributed by atoms with Gasteiger partial charge in [-0.2, -0.15) is 0 Å². The maximum Gasteiger partial charge on any atom is 0.193 e. The van der Waals surface area contributed by atoms with E-state index in [1.807, 2.05) is 24.3 Å². The Morgan fingerprint density at radius 1 is 1.21 bits per heavy atom. The Morgan fingerprint density at radius 3 is 2.75 bits per heavy atom. The molecule has 6 heteroatoms. The second kappa shape index (κ2) is 7.29. The third-order valence-electron chi connectivity index (χ3n) is 3.93. The summed E-state index contributed by atoms with van der Waals surface area (Å²) in [5, 5.41) is 2.58. The van der Waals surface area contributed by atoms with Crippen LogP contribution >= 0.6 is 0 Å². The zero-order valence-corrected chi connectivity index (χ0v) is 13.1. The summed E-state index contributed by atoms with van der Waals surface area (Å²) in [5.74, 6) is -0.345. The van der Waals surface area contributed by atoms with Crippen molar-refractivity contribution in [1.29, 1.82) is 0 Å². The van der Waals surface area contributed by atoms with Gasteiger partial charge in [0.15, 0.2) is 5.96 Å². The van der Waals surface area contributed by atoms with Crippen molar-refractivity contribution < 1.29 is 13.5 Å². The van der Waals surface area contributed by atoms with Crippen molar-refractivity contribution in [2.75, 3.05) is 5.32 Å². The van der Waals surface area contributed by atoms with Crippen LogP contribution in [0.1, 0.15) is 24.8 Å². The standard InChI is InChI=1S/C18H19F2N3O/c19-13-8-9-15(20)16(10-13)23-18(21)22-11-12-4-1-2-7-17(12)24-14-5-3-6-14/h1-2,4,7-10,14H,3,5-6,11H2,(H3,21,22,23). The maximum atomic E-state index is 13.6. The number of para-hydroxylation sites is 1. The number of nitrogens with one attached hydrogen (secondary N) is 1. The fourth-order valence-electron chi connectivity index (χ4n) is 2.36. The van der Waals surface area contributed by atoms with Crippen LogP contribution in [0.2, 0.25) is 0 Å². The van der Waals surface area contributed by atoms with Crippen LogP contribution in [0, 0.1) is 11.6 Å². The smallest absolute Gasteiger partial charge is 0.193 e. The van der Waals surface area contributed by atoms with Gasteiger partial charge in [-0.05, 0) is 37.5 Å². The van der Waals surface area contributed by atoms with E-state index in [9.17, 15) is 8.78 Å². The molecule has 126 valence electrons. The average molecular weight is 331 g/mol. The molecule has 0 saturated heterocycles. The van der Waals surface area contributed by atoms with Gasteiger partial charge in [-0.15, -0.1) is 0 Å². The molecule has 2 aromatic carbocycles. The van der Waals surface area contributed by atoms with Crippen molar-refractivity contribution in [3.8, 4) is 5.75 Å². The minimum Gasteiger partial charge on any atom is -0.490 e. The number of aliphatic imine (C=N–C) groups is 1. The summed E-state index contributed by atoms with van der Waals surface area (Å²) in [6.45, 7) is 0.290. The van der Waals surface area contributed by atoms with Crippen LogP contribution in [0.5, 0.6) is 5.75 Å². The van der Waals surface area contributed by atoms with Crippen molar-refractivity contribution in [1.82, 2.24) is 0 Å². The quantitative estimate of drug-likeness (QED) is 0.647. The third-order valence-corrected chi connectivity index (χ3v) is 3.93. The summed E-state index contributed by atoms with van der Waals surface area (Å²) in [6.07, 6.45) is 3.61. The number of anilines is 1. The predicted molar refractivity (Wildman–Crippen MR) is 90.0 cm³/mol. The molecule has 2 aromatic rings. The van der Waals surface area contributed by atoms with Crippen molar-refractivity contribution in [2.45, 2.75) is 31.9 Å². The van der Waals surface area contributed by atoms with Crippen molar-refractivity contribution in [2.24, 2.45) is 10.7 Å². The largest absolute Gasteiger partial charge is 0.490 e. The molecule has 0 aliphatic heterocycles. The van der Waals surface area contributed by atoms with Crippen LogP contribution in [-0.4, -0.2) is 12.1 Å². The molecule has 3 N–H and O–H groups in total. The zero-order chi connectivity index (χ0) is 16.9. The van der Waals surface area contributed by atoms with Gasteiger partial charge >= 0.3 is 0 Å². The molecule has 0 radical (unpaired) electrons. The van der Waals surface area contributed by atoms with Gasteiger partial charge in [0.2, 0.25) is 0 Å². The van der Waals surface area contributed by atoms with Gasteiger partial charge in [0.25, 0.3) is 0 Å². The molecular weight excluding hydrogens is 312 g/mol. The first kappa shape index (κ1) is 16.2. The number of ether oxygens (including phenoxy) is 1. The number of nitrogens with zero attached hydrogens (tertiary/aromatic N) is 1. The number of rotatable bonds is 5. The molecule has 0 bridgehead atoms. The van der Waals surface area contributed by atoms with Gasteiger partial charge < -0.3 is 15.8 Å². The van der Waals surface area contributed by atoms with Crippen molar-refractivity contribution in [3.05, 3.63) is 59.7 Å². The van der Waals surface area contributed by atoms with E-state index in [1.54, 1.807) is 0 Å². The number of hydrogen-bond acceptors (Lipinski definition) is 2. The Morgan fingerprint density at radius 2 is 2.00 bits per heavy atom. The van der Waals surface area contributed by atoms with Crippen LogP contribution < -0.4 is 15.8 Å². The van der Waals surface area contributed by atoms with E-state index in [0.29, 0.717) is 6.54 Å². The number of nitrogens with two attached hydrogens (primary N) is 1. The number of halogens is 2. The summed E-state index contributed by atoms with van der Waals surface area (Å²) >= 11 is 0. The monoisotopic (exact) mass is 331 g/mol. The molecule has 1 aliphatic carbocycles. The van der Waals surface area contributed by atoms with Gasteiger partial charge in [0.1, 0.15) is 17.4 Å². The van der Waals surface area contributed by atoms with E-state index in [-0.39, 0.29) is 17.8 Å². The van der Waals surface area contributed by atoms with E-state index in [0.717, 1.165) is 42.4 Å². The SMILES string of the molecule is NC(=NCc1ccccc1OC1CCC1)Nc1cc(F)ccc1F. The van der Waals surface area contributed by atoms with Gasteiger partial charge in [0.05, 0.1) is 18.3 Å². The molecule has 24 heavy (non-hydrogen) atoms. The second-order valence-corrected chi connectivity index (χ2v) is 5.73. The first-order valence-corrected chi connectivity index (χ1v) is 7.88. The summed E-state index contributed by atoms with van der Waals surface area (Å²) in [5.41, 5.74) is 6.62. The lowest BCUT2D eigenvalue weighted by Gasteiger charge is -2.27. The van der Waals surface area contributed by atoms with Crippen molar-refractivity contribution in [3.63, 3.8) is 0 Å². The van der Waals surface area contributed by atoms with Crippen LogP contribution in [-0.2, 0) is 6.54 Å². The zero-order valence-electron chi connectivity index (χ0n) is 13.1. The van der Waals surface area contributed by atoms with Crippen LogP contribution in [0.25, 0.3) is 0 Å². The highest BCUT2D eigenvalue weighted by molar-refractivity contribution is 5.92. The van der Waals surface area contributed by atoms with E-state index in [2.05, 4.69) is 10.3 Å². The molecule has 0 heterocycles. The van der Waals surface area contributed by atoms with Crippen LogP contribution in [0.3, 0.4) is 0 Å². The molecule has 1 aliphatic rings. The highest BCUT2D eigenvalue weighted by Crippen LogP contribution is 2.28. The highest BCUT2D eigenvalue weighted by atomic mass is 19.1. The lowest BCUT2D eigenvalue weighted by Crippen LogP contribution is -2.25. The lowest BCUT2D eigenvalue weighted by molar-refractivity contribution is 0.119. The summed E-state index contributed by atoms with van der Waals surface area (Å²) in [6, 6.07) is 10.7. The summed E-state index contributed by atoms with van der Waals surface area (Å²) in [7, 11) is 0.